The maximum absolute atomic E-state index is 13.2. The molecule has 30 heavy (non-hydrogen) atoms. The fourth-order valence-corrected chi connectivity index (χ4v) is 4.80. The molecule has 8 nitrogen and oxygen atoms in total. The topological polar surface area (TPSA) is 98.2 Å². The van der Waals surface area contributed by atoms with Crippen LogP contribution in [0.5, 0.6) is 0 Å². The Bertz CT molecular complexity index is 864. The number of likely N-dealkylation sites (tertiary alicyclic amines) is 3. The van der Waals surface area contributed by atoms with E-state index < -0.39 is 18.1 Å². The number of benzene rings is 1. The third-order valence-corrected chi connectivity index (χ3v) is 6.37. The first kappa shape index (κ1) is 20.4. The van der Waals surface area contributed by atoms with Crippen molar-refractivity contribution in [3.8, 4) is 0 Å². The second kappa shape index (κ2) is 8.45. The number of carbonyl (C=O) groups excluding carboxylic acids is 3. The number of rotatable bonds is 4. The fraction of sp³-hybridized carbons (Fsp3) is 0.545. The lowest BCUT2D eigenvalue weighted by atomic mass is 10.1. The SMILES string of the molecule is O=C(O)[C@@H]1CCCN1C(=O)c1cccc(C(=O)N2CCC[C@H]2C(=O)N2CCCC2)c1. The van der Waals surface area contributed by atoms with Crippen molar-refractivity contribution in [2.45, 2.75) is 50.6 Å². The van der Waals surface area contributed by atoms with E-state index in [0.717, 1.165) is 32.4 Å². The number of carbonyl (C=O) groups is 4. The lowest BCUT2D eigenvalue weighted by Gasteiger charge is -2.28. The Morgan fingerprint density at radius 1 is 0.767 bits per heavy atom. The van der Waals surface area contributed by atoms with Gasteiger partial charge in [-0.2, -0.15) is 0 Å². The number of carboxylic acid groups (broad SMARTS) is 1. The van der Waals surface area contributed by atoms with Crippen LogP contribution in [0.3, 0.4) is 0 Å². The highest BCUT2D eigenvalue weighted by molar-refractivity contribution is 6.02. The van der Waals surface area contributed by atoms with Crippen LogP contribution < -0.4 is 0 Å². The summed E-state index contributed by atoms with van der Waals surface area (Å²) < 4.78 is 0. The summed E-state index contributed by atoms with van der Waals surface area (Å²) in [6.07, 6.45) is 4.54. The number of nitrogens with zero attached hydrogens (tertiary/aromatic N) is 3. The first-order valence-electron chi connectivity index (χ1n) is 10.7. The summed E-state index contributed by atoms with van der Waals surface area (Å²) in [4.78, 5) is 55.2. The molecule has 1 aromatic rings. The second-order valence-electron chi connectivity index (χ2n) is 8.26. The number of aliphatic carboxylic acids is 1. The number of carboxylic acids is 1. The van der Waals surface area contributed by atoms with Crippen LogP contribution in [0.25, 0.3) is 0 Å². The quantitative estimate of drug-likeness (QED) is 0.809. The molecule has 3 aliphatic heterocycles. The van der Waals surface area contributed by atoms with E-state index >= 15 is 0 Å². The Kier molecular flexibility index (Phi) is 5.74. The zero-order valence-electron chi connectivity index (χ0n) is 17.0. The van der Waals surface area contributed by atoms with Gasteiger partial charge in [-0.25, -0.2) is 4.79 Å². The standard InChI is InChI=1S/C22H27N3O5/c26-19(24-12-4-8-17(24)21(28)23-10-1-2-11-23)15-6-3-7-16(14-15)20(27)25-13-5-9-18(25)22(29)30/h3,6-7,14,17-18H,1-2,4-5,8-13H2,(H,29,30)/t17-,18-/m0/s1. The van der Waals surface area contributed by atoms with E-state index in [1.54, 1.807) is 23.1 Å². The first-order chi connectivity index (χ1) is 14.5. The Balaban J connectivity index is 1.51. The van der Waals surface area contributed by atoms with Crippen molar-refractivity contribution in [2.75, 3.05) is 26.2 Å². The molecule has 0 radical (unpaired) electrons. The smallest absolute Gasteiger partial charge is 0.326 e. The van der Waals surface area contributed by atoms with Crippen LogP contribution in [0.15, 0.2) is 24.3 Å². The maximum Gasteiger partial charge on any atom is 0.326 e. The van der Waals surface area contributed by atoms with Gasteiger partial charge < -0.3 is 19.8 Å². The summed E-state index contributed by atoms with van der Waals surface area (Å²) in [5.74, 6) is -1.61. The molecule has 3 amide bonds. The highest BCUT2D eigenvalue weighted by Gasteiger charge is 2.38. The first-order valence-corrected chi connectivity index (χ1v) is 10.7. The van der Waals surface area contributed by atoms with Crippen LogP contribution in [0.2, 0.25) is 0 Å². The van der Waals surface area contributed by atoms with Gasteiger partial charge in [0.15, 0.2) is 0 Å². The van der Waals surface area contributed by atoms with Crippen LogP contribution in [0.4, 0.5) is 0 Å². The third-order valence-electron chi connectivity index (χ3n) is 6.37. The molecule has 1 N–H and O–H groups in total. The Hall–Kier alpha value is -2.90. The van der Waals surface area contributed by atoms with Gasteiger partial charge in [-0.1, -0.05) is 6.07 Å². The van der Waals surface area contributed by atoms with Crippen LogP contribution in [-0.4, -0.2) is 81.8 Å². The van der Waals surface area contributed by atoms with Crippen molar-refractivity contribution in [1.82, 2.24) is 14.7 Å². The second-order valence-corrected chi connectivity index (χ2v) is 8.26. The maximum atomic E-state index is 13.2. The van der Waals surface area contributed by atoms with Gasteiger partial charge in [0.1, 0.15) is 12.1 Å². The van der Waals surface area contributed by atoms with Gasteiger partial charge >= 0.3 is 5.97 Å². The molecule has 3 heterocycles. The number of hydrogen-bond donors (Lipinski definition) is 1. The fourth-order valence-electron chi connectivity index (χ4n) is 4.80. The van der Waals surface area contributed by atoms with Crippen molar-refractivity contribution >= 4 is 23.7 Å². The molecule has 3 fully saturated rings. The lowest BCUT2D eigenvalue weighted by molar-refractivity contribution is -0.141. The van der Waals surface area contributed by atoms with E-state index in [4.69, 9.17) is 0 Å². The molecule has 0 aromatic heterocycles. The highest BCUT2D eigenvalue weighted by Crippen LogP contribution is 2.25. The molecule has 3 saturated heterocycles. The Morgan fingerprint density at radius 3 is 1.87 bits per heavy atom. The normalized spacial score (nSPS) is 23.8. The summed E-state index contributed by atoms with van der Waals surface area (Å²) >= 11 is 0. The van der Waals surface area contributed by atoms with Crippen molar-refractivity contribution in [1.29, 1.82) is 0 Å². The van der Waals surface area contributed by atoms with E-state index in [1.807, 2.05) is 4.90 Å². The minimum Gasteiger partial charge on any atom is -0.480 e. The summed E-state index contributed by atoms with van der Waals surface area (Å²) in [7, 11) is 0. The van der Waals surface area contributed by atoms with Crippen molar-refractivity contribution in [3.63, 3.8) is 0 Å². The zero-order valence-corrected chi connectivity index (χ0v) is 17.0. The summed E-state index contributed by atoms with van der Waals surface area (Å²) in [5, 5.41) is 9.35. The zero-order chi connectivity index (χ0) is 21.3. The van der Waals surface area contributed by atoms with Crippen molar-refractivity contribution < 1.29 is 24.3 Å². The van der Waals surface area contributed by atoms with Gasteiger partial charge in [-0.3, -0.25) is 14.4 Å². The molecule has 8 heteroatoms. The van der Waals surface area contributed by atoms with Gasteiger partial charge in [-0.15, -0.1) is 0 Å². The van der Waals surface area contributed by atoms with E-state index in [0.29, 0.717) is 43.5 Å². The predicted molar refractivity (Wildman–Crippen MR) is 108 cm³/mol. The molecule has 0 unspecified atom stereocenters. The van der Waals surface area contributed by atoms with E-state index in [9.17, 15) is 24.3 Å². The van der Waals surface area contributed by atoms with Crippen molar-refractivity contribution in [3.05, 3.63) is 35.4 Å². The molecule has 0 saturated carbocycles. The molecule has 3 aliphatic rings. The largest absolute Gasteiger partial charge is 0.480 e. The predicted octanol–water partition coefficient (Wildman–Crippen LogP) is 1.60. The number of amides is 3. The monoisotopic (exact) mass is 413 g/mol. The van der Waals surface area contributed by atoms with Gasteiger partial charge in [0.25, 0.3) is 11.8 Å². The van der Waals surface area contributed by atoms with Crippen LogP contribution in [0, 0.1) is 0 Å². The molecule has 0 bridgehead atoms. The van der Waals surface area contributed by atoms with Gasteiger partial charge in [0.05, 0.1) is 0 Å². The number of hydrogen-bond acceptors (Lipinski definition) is 4. The van der Waals surface area contributed by atoms with Gasteiger partial charge in [0.2, 0.25) is 5.91 Å². The van der Waals surface area contributed by atoms with E-state index in [2.05, 4.69) is 0 Å². The third kappa shape index (κ3) is 3.78. The van der Waals surface area contributed by atoms with Crippen molar-refractivity contribution in [2.24, 2.45) is 0 Å². The molecular weight excluding hydrogens is 386 g/mol. The van der Waals surface area contributed by atoms with Crippen LogP contribution in [0.1, 0.15) is 59.2 Å². The minimum absolute atomic E-state index is 0.0203. The summed E-state index contributed by atoms with van der Waals surface area (Å²) in [6.45, 7) is 2.42. The molecule has 4 rings (SSSR count). The van der Waals surface area contributed by atoms with E-state index in [-0.39, 0.29) is 17.7 Å². The van der Waals surface area contributed by atoms with Crippen LogP contribution >= 0.6 is 0 Å². The van der Waals surface area contributed by atoms with Gasteiger partial charge in [0, 0.05) is 37.3 Å². The Labute approximate surface area is 175 Å². The molecule has 0 aliphatic carbocycles. The molecule has 1 aromatic carbocycles. The molecular formula is C22H27N3O5. The minimum atomic E-state index is -1.01. The highest BCUT2D eigenvalue weighted by atomic mass is 16.4. The van der Waals surface area contributed by atoms with Gasteiger partial charge in [-0.05, 0) is 56.7 Å². The summed E-state index contributed by atoms with van der Waals surface area (Å²) in [5.41, 5.74) is 0.656. The molecule has 0 spiro atoms. The summed E-state index contributed by atoms with van der Waals surface area (Å²) in [6, 6.07) is 5.15. The molecule has 160 valence electrons. The Morgan fingerprint density at radius 2 is 1.30 bits per heavy atom. The average Bonchev–Trinajstić information content (AvgIpc) is 3.53. The average molecular weight is 413 g/mol. The molecule has 2 atom stereocenters. The van der Waals surface area contributed by atoms with E-state index in [1.165, 1.54) is 11.0 Å². The van der Waals surface area contributed by atoms with Crippen LogP contribution in [-0.2, 0) is 9.59 Å². The lowest BCUT2D eigenvalue weighted by Crippen LogP contribution is -2.47.